The molecule has 0 saturated carbocycles. The Morgan fingerprint density at radius 1 is 1.29 bits per heavy atom. The molecule has 1 fully saturated rings. The number of amides is 1. The molecule has 1 amide bonds. The SMILES string of the molecule is Cc1nc(NCc2ccccc2)cc(C(=O)N2CCCC(C)C2)n1. The zero-order valence-corrected chi connectivity index (χ0v) is 14.3. The minimum Gasteiger partial charge on any atom is -0.366 e. The van der Waals surface area contributed by atoms with Crippen LogP contribution in [-0.4, -0.2) is 33.9 Å². The number of benzene rings is 1. The molecule has 5 heteroatoms. The van der Waals surface area contributed by atoms with E-state index in [4.69, 9.17) is 0 Å². The molecule has 1 saturated heterocycles. The van der Waals surface area contributed by atoms with E-state index in [0.717, 1.165) is 19.5 Å². The molecule has 1 aliphatic heterocycles. The highest BCUT2D eigenvalue weighted by Gasteiger charge is 2.23. The smallest absolute Gasteiger partial charge is 0.272 e. The number of hydrogen-bond acceptors (Lipinski definition) is 4. The summed E-state index contributed by atoms with van der Waals surface area (Å²) >= 11 is 0. The Labute approximate surface area is 143 Å². The van der Waals surface area contributed by atoms with Gasteiger partial charge in [0.2, 0.25) is 0 Å². The van der Waals surface area contributed by atoms with Crippen molar-refractivity contribution in [1.82, 2.24) is 14.9 Å². The fourth-order valence-electron chi connectivity index (χ4n) is 3.09. The largest absolute Gasteiger partial charge is 0.366 e. The Kier molecular flexibility index (Phi) is 5.08. The Bertz CT molecular complexity index is 702. The third kappa shape index (κ3) is 4.10. The summed E-state index contributed by atoms with van der Waals surface area (Å²) in [6.07, 6.45) is 2.26. The number of likely N-dealkylation sites (tertiary alicyclic amines) is 1. The van der Waals surface area contributed by atoms with Gasteiger partial charge in [-0.3, -0.25) is 4.79 Å². The van der Waals surface area contributed by atoms with E-state index in [1.54, 1.807) is 6.07 Å². The minimum atomic E-state index is 0.00908. The lowest BCUT2D eigenvalue weighted by Gasteiger charge is -2.30. The number of anilines is 1. The van der Waals surface area contributed by atoms with Crippen molar-refractivity contribution < 1.29 is 4.79 Å². The third-order valence-corrected chi connectivity index (χ3v) is 4.32. The maximum absolute atomic E-state index is 12.7. The number of nitrogens with zero attached hydrogens (tertiary/aromatic N) is 3. The van der Waals surface area contributed by atoms with Crippen LogP contribution in [0.1, 0.15) is 41.6 Å². The van der Waals surface area contributed by atoms with Crippen LogP contribution in [0.25, 0.3) is 0 Å². The summed E-state index contributed by atoms with van der Waals surface area (Å²) in [6, 6.07) is 11.9. The fourth-order valence-corrected chi connectivity index (χ4v) is 3.09. The number of hydrogen-bond donors (Lipinski definition) is 1. The maximum atomic E-state index is 12.7. The summed E-state index contributed by atoms with van der Waals surface area (Å²) in [5.74, 6) is 1.87. The molecule has 1 aromatic carbocycles. The lowest BCUT2D eigenvalue weighted by Crippen LogP contribution is -2.39. The molecular formula is C19H24N4O. The van der Waals surface area contributed by atoms with Crippen molar-refractivity contribution in [3.05, 3.63) is 53.5 Å². The van der Waals surface area contributed by atoms with Crippen LogP contribution in [0.2, 0.25) is 0 Å². The molecule has 1 aromatic heterocycles. The van der Waals surface area contributed by atoms with Gasteiger partial charge in [0.05, 0.1) is 0 Å². The first-order chi connectivity index (χ1) is 11.6. The van der Waals surface area contributed by atoms with Gasteiger partial charge in [-0.1, -0.05) is 37.3 Å². The van der Waals surface area contributed by atoms with E-state index in [-0.39, 0.29) is 5.91 Å². The molecule has 5 nitrogen and oxygen atoms in total. The molecule has 2 aromatic rings. The van der Waals surface area contributed by atoms with Crippen LogP contribution in [0.4, 0.5) is 5.82 Å². The zero-order valence-electron chi connectivity index (χ0n) is 14.3. The second-order valence-corrected chi connectivity index (χ2v) is 6.52. The van der Waals surface area contributed by atoms with Crippen LogP contribution in [0.15, 0.2) is 36.4 Å². The molecule has 1 N–H and O–H groups in total. The summed E-state index contributed by atoms with van der Waals surface area (Å²) < 4.78 is 0. The van der Waals surface area contributed by atoms with Crippen LogP contribution in [0.5, 0.6) is 0 Å². The topological polar surface area (TPSA) is 58.1 Å². The first-order valence-corrected chi connectivity index (χ1v) is 8.54. The van der Waals surface area contributed by atoms with E-state index in [9.17, 15) is 4.79 Å². The molecule has 3 rings (SSSR count). The van der Waals surface area contributed by atoms with E-state index < -0.39 is 0 Å². The van der Waals surface area contributed by atoms with Gasteiger partial charge in [0.1, 0.15) is 17.3 Å². The fraction of sp³-hybridized carbons (Fsp3) is 0.421. The van der Waals surface area contributed by atoms with Gasteiger partial charge < -0.3 is 10.2 Å². The van der Waals surface area contributed by atoms with Crippen molar-refractivity contribution in [1.29, 1.82) is 0 Å². The highest BCUT2D eigenvalue weighted by atomic mass is 16.2. The van der Waals surface area contributed by atoms with Crippen molar-refractivity contribution in [3.63, 3.8) is 0 Å². The van der Waals surface area contributed by atoms with Crippen molar-refractivity contribution in [2.24, 2.45) is 5.92 Å². The van der Waals surface area contributed by atoms with Gasteiger partial charge in [-0.2, -0.15) is 0 Å². The van der Waals surface area contributed by atoms with E-state index in [2.05, 4.69) is 34.3 Å². The normalized spacial score (nSPS) is 17.6. The van der Waals surface area contributed by atoms with Crippen LogP contribution in [-0.2, 0) is 6.54 Å². The highest BCUT2D eigenvalue weighted by molar-refractivity contribution is 5.93. The van der Waals surface area contributed by atoms with Crippen LogP contribution in [0, 0.1) is 12.8 Å². The summed E-state index contributed by atoms with van der Waals surface area (Å²) in [5, 5.41) is 3.29. The van der Waals surface area contributed by atoms with Gasteiger partial charge in [-0.25, -0.2) is 9.97 Å². The zero-order chi connectivity index (χ0) is 16.9. The first kappa shape index (κ1) is 16.4. The van der Waals surface area contributed by atoms with Crippen molar-refractivity contribution >= 4 is 11.7 Å². The average Bonchev–Trinajstić information content (AvgIpc) is 2.60. The number of aryl methyl sites for hydroxylation is 1. The molecule has 126 valence electrons. The second kappa shape index (κ2) is 7.43. The monoisotopic (exact) mass is 324 g/mol. The highest BCUT2D eigenvalue weighted by Crippen LogP contribution is 2.18. The summed E-state index contributed by atoms with van der Waals surface area (Å²) in [6.45, 7) is 6.32. The Hall–Kier alpha value is -2.43. The molecule has 1 atom stereocenters. The molecule has 0 bridgehead atoms. The number of rotatable bonds is 4. The summed E-state index contributed by atoms with van der Waals surface area (Å²) in [5.41, 5.74) is 1.65. The van der Waals surface area contributed by atoms with Crippen molar-refractivity contribution in [3.8, 4) is 0 Å². The van der Waals surface area contributed by atoms with E-state index in [0.29, 0.717) is 29.8 Å². The Balaban J connectivity index is 1.72. The van der Waals surface area contributed by atoms with Crippen LogP contribution in [0.3, 0.4) is 0 Å². The average molecular weight is 324 g/mol. The molecule has 1 aliphatic rings. The predicted molar refractivity (Wildman–Crippen MR) is 94.8 cm³/mol. The number of nitrogens with one attached hydrogen (secondary N) is 1. The van der Waals surface area contributed by atoms with Crippen LogP contribution >= 0.6 is 0 Å². The molecular weight excluding hydrogens is 300 g/mol. The van der Waals surface area contributed by atoms with Gasteiger partial charge in [0.25, 0.3) is 5.91 Å². The molecule has 2 heterocycles. The van der Waals surface area contributed by atoms with Gasteiger partial charge in [-0.05, 0) is 31.2 Å². The summed E-state index contributed by atoms with van der Waals surface area (Å²) in [7, 11) is 0. The standard InChI is InChI=1S/C19H24N4O/c1-14-7-6-10-23(13-14)19(24)17-11-18(22-15(2)21-17)20-12-16-8-4-3-5-9-16/h3-5,8-9,11,14H,6-7,10,12-13H2,1-2H3,(H,20,21,22). The summed E-state index contributed by atoms with van der Waals surface area (Å²) in [4.78, 5) is 23.4. The van der Waals surface area contributed by atoms with Gasteiger partial charge >= 0.3 is 0 Å². The Morgan fingerprint density at radius 3 is 2.83 bits per heavy atom. The third-order valence-electron chi connectivity index (χ3n) is 4.32. The molecule has 24 heavy (non-hydrogen) atoms. The van der Waals surface area contributed by atoms with Crippen molar-refractivity contribution in [2.45, 2.75) is 33.2 Å². The first-order valence-electron chi connectivity index (χ1n) is 8.54. The minimum absolute atomic E-state index is 0.00908. The van der Waals surface area contributed by atoms with Crippen LogP contribution < -0.4 is 5.32 Å². The van der Waals surface area contributed by atoms with E-state index >= 15 is 0 Å². The van der Waals surface area contributed by atoms with E-state index in [1.165, 1.54) is 12.0 Å². The quantitative estimate of drug-likeness (QED) is 0.938. The van der Waals surface area contributed by atoms with Crippen molar-refractivity contribution in [2.75, 3.05) is 18.4 Å². The molecule has 0 radical (unpaired) electrons. The molecule has 1 unspecified atom stereocenters. The second-order valence-electron chi connectivity index (χ2n) is 6.52. The Morgan fingerprint density at radius 2 is 2.08 bits per heavy atom. The lowest BCUT2D eigenvalue weighted by atomic mass is 10.00. The van der Waals surface area contributed by atoms with Gasteiger partial charge in [0.15, 0.2) is 0 Å². The molecule has 0 spiro atoms. The predicted octanol–water partition coefficient (Wildman–Crippen LogP) is 3.27. The lowest BCUT2D eigenvalue weighted by molar-refractivity contribution is 0.0676. The van der Waals surface area contributed by atoms with Gasteiger partial charge in [-0.15, -0.1) is 0 Å². The number of carbonyl (C=O) groups excluding carboxylic acids is 1. The number of carbonyl (C=O) groups is 1. The number of piperidine rings is 1. The van der Waals surface area contributed by atoms with E-state index in [1.807, 2.05) is 30.0 Å². The van der Waals surface area contributed by atoms with Gasteiger partial charge in [0, 0.05) is 25.7 Å². The molecule has 0 aliphatic carbocycles. The maximum Gasteiger partial charge on any atom is 0.272 e. The number of aromatic nitrogens is 2.